The maximum atomic E-state index is 4.55. The lowest BCUT2D eigenvalue weighted by molar-refractivity contribution is 0.661. The Bertz CT molecular complexity index is 915. The molecule has 2 nitrogen and oxygen atoms in total. The van der Waals surface area contributed by atoms with Crippen LogP contribution >= 0.6 is 0 Å². The number of rotatable bonds is 5. The van der Waals surface area contributed by atoms with Crippen LogP contribution in [0.5, 0.6) is 0 Å². The van der Waals surface area contributed by atoms with Crippen molar-refractivity contribution in [2.24, 2.45) is 4.99 Å². The van der Waals surface area contributed by atoms with E-state index >= 15 is 0 Å². The molecule has 1 aliphatic heterocycles. The Morgan fingerprint density at radius 3 is 3.00 bits per heavy atom. The van der Waals surface area contributed by atoms with Crippen molar-refractivity contribution in [2.75, 3.05) is 5.32 Å². The van der Waals surface area contributed by atoms with Crippen LogP contribution in [0.2, 0.25) is 0 Å². The van der Waals surface area contributed by atoms with E-state index in [1.54, 1.807) is 0 Å². The Labute approximate surface area is 150 Å². The van der Waals surface area contributed by atoms with Crippen LogP contribution in [0.4, 0.5) is 5.69 Å². The highest BCUT2D eigenvalue weighted by atomic mass is 14.9. The van der Waals surface area contributed by atoms with E-state index < -0.39 is 0 Å². The summed E-state index contributed by atoms with van der Waals surface area (Å²) in [5.41, 5.74) is 13.3. The first-order valence-corrected chi connectivity index (χ1v) is 9.19. The minimum absolute atomic E-state index is 0.587. The highest BCUT2D eigenvalue weighted by Crippen LogP contribution is 2.44. The monoisotopic (exact) mass is 328 g/mol. The molecule has 2 aliphatic carbocycles. The average molecular weight is 328 g/mol. The molecule has 4 rings (SSSR count). The number of aliphatic imine (C=N–C) groups is 1. The predicted octanol–water partition coefficient (Wildman–Crippen LogP) is 5.96. The van der Waals surface area contributed by atoms with E-state index in [1.807, 2.05) is 18.4 Å². The Morgan fingerprint density at radius 2 is 2.16 bits per heavy atom. The lowest BCUT2D eigenvalue weighted by Crippen LogP contribution is -2.06. The van der Waals surface area contributed by atoms with Gasteiger partial charge >= 0.3 is 0 Å². The summed E-state index contributed by atoms with van der Waals surface area (Å²) in [6.45, 7) is 6.79. The zero-order valence-corrected chi connectivity index (χ0v) is 15.2. The summed E-state index contributed by atoms with van der Waals surface area (Å²) >= 11 is 0. The van der Waals surface area contributed by atoms with E-state index in [0.717, 1.165) is 23.4 Å². The quantitative estimate of drug-likeness (QED) is 0.663. The second kappa shape index (κ2) is 6.38. The highest BCUT2D eigenvalue weighted by Gasteiger charge is 2.30. The molecular formula is C23H24N2. The first-order valence-electron chi connectivity index (χ1n) is 9.19. The van der Waals surface area contributed by atoms with E-state index in [9.17, 15) is 0 Å². The second-order valence-corrected chi connectivity index (χ2v) is 7.12. The molecule has 0 radical (unpaired) electrons. The Balaban J connectivity index is 1.69. The third-order valence-corrected chi connectivity index (χ3v) is 5.20. The molecule has 25 heavy (non-hydrogen) atoms. The fraction of sp³-hybridized carbons (Fsp3) is 0.304. The number of nitrogens with one attached hydrogen (secondary N) is 1. The van der Waals surface area contributed by atoms with E-state index in [1.165, 1.54) is 40.8 Å². The molecule has 2 heteroatoms. The molecule has 0 bridgehead atoms. The number of hydrogen-bond donors (Lipinski definition) is 1. The van der Waals surface area contributed by atoms with E-state index in [2.05, 4.69) is 61.1 Å². The largest absolute Gasteiger partial charge is 0.354 e. The minimum atomic E-state index is 0.587. The van der Waals surface area contributed by atoms with Crippen LogP contribution in [0.3, 0.4) is 0 Å². The first kappa shape index (κ1) is 15.9. The zero-order chi connectivity index (χ0) is 17.4. The molecule has 0 aromatic heterocycles. The first-order chi connectivity index (χ1) is 12.2. The van der Waals surface area contributed by atoms with Gasteiger partial charge in [-0.05, 0) is 71.9 Å². The van der Waals surface area contributed by atoms with Gasteiger partial charge in [-0.3, -0.25) is 4.99 Å². The highest BCUT2D eigenvalue weighted by molar-refractivity contribution is 5.83. The summed E-state index contributed by atoms with van der Waals surface area (Å²) in [6, 6.07) is 6.73. The van der Waals surface area contributed by atoms with Crippen molar-refractivity contribution < 1.29 is 0 Å². The summed E-state index contributed by atoms with van der Waals surface area (Å²) in [5, 5.41) is 3.68. The van der Waals surface area contributed by atoms with Crippen molar-refractivity contribution in [3.05, 3.63) is 81.4 Å². The number of allylic oxidation sites excluding steroid dienone is 4. The SMILES string of the molecule is CCCC(C)c1cc(NC2=C3CC3=CC=NC3=CC=C=C32)ccc1C. The van der Waals surface area contributed by atoms with Gasteiger partial charge in [0.15, 0.2) is 0 Å². The third-order valence-electron chi connectivity index (χ3n) is 5.20. The molecule has 1 saturated carbocycles. The van der Waals surface area contributed by atoms with Gasteiger partial charge in [-0.1, -0.05) is 26.3 Å². The molecule has 1 N–H and O–H groups in total. The second-order valence-electron chi connectivity index (χ2n) is 7.12. The van der Waals surface area contributed by atoms with E-state index in [0.29, 0.717) is 5.92 Å². The van der Waals surface area contributed by atoms with Crippen LogP contribution in [-0.4, -0.2) is 6.21 Å². The third kappa shape index (κ3) is 3.06. The summed E-state index contributed by atoms with van der Waals surface area (Å²) in [4.78, 5) is 4.55. The smallest absolute Gasteiger partial charge is 0.0806 e. The number of anilines is 1. The Morgan fingerprint density at radius 1 is 1.28 bits per heavy atom. The van der Waals surface area contributed by atoms with Gasteiger partial charge in [0, 0.05) is 18.3 Å². The number of aryl methyl sites for hydroxylation is 1. The normalized spacial score (nSPS) is 18.6. The molecule has 0 spiro atoms. The van der Waals surface area contributed by atoms with Crippen LogP contribution in [-0.2, 0) is 0 Å². The molecular weight excluding hydrogens is 304 g/mol. The van der Waals surface area contributed by atoms with Crippen molar-refractivity contribution >= 4 is 11.9 Å². The maximum Gasteiger partial charge on any atom is 0.0806 e. The van der Waals surface area contributed by atoms with Crippen molar-refractivity contribution in [1.82, 2.24) is 0 Å². The predicted molar refractivity (Wildman–Crippen MR) is 106 cm³/mol. The summed E-state index contributed by atoms with van der Waals surface area (Å²) in [6.07, 6.45) is 11.5. The Kier molecular flexibility index (Phi) is 4.07. The van der Waals surface area contributed by atoms with Gasteiger partial charge in [-0.2, -0.15) is 0 Å². The van der Waals surface area contributed by atoms with Gasteiger partial charge in [-0.25, -0.2) is 0 Å². The van der Waals surface area contributed by atoms with Gasteiger partial charge in [-0.15, -0.1) is 5.73 Å². The molecule has 1 fully saturated rings. The van der Waals surface area contributed by atoms with Gasteiger partial charge in [0.25, 0.3) is 0 Å². The molecule has 3 aliphatic rings. The number of nitrogens with zero attached hydrogens (tertiary/aromatic N) is 1. The van der Waals surface area contributed by atoms with E-state index in [-0.39, 0.29) is 0 Å². The van der Waals surface area contributed by atoms with Crippen LogP contribution in [0.1, 0.15) is 50.2 Å². The summed E-state index contributed by atoms with van der Waals surface area (Å²) in [5.74, 6) is 0.587. The van der Waals surface area contributed by atoms with E-state index in [4.69, 9.17) is 0 Å². The summed E-state index contributed by atoms with van der Waals surface area (Å²) in [7, 11) is 0. The molecule has 1 atom stereocenters. The fourth-order valence-corrected chi connectivity index (χ4v) is 3.70. The molecule has 1 aromatic rings. The topological polar surface area (TPSA) is 24.4 Å². The van der Waals surface area contributed by atoms with Crippen LogP contribution in [0.15, 0.2) is 75.3 Å². The number of benzene rings is 1. The van der Waals surface area contributed by atoms with Crippen LogP contribution in [0, 0.1) is 6.92 Å². The molecule has 126 valence electrons. The van der Waals surface area contributed by atoms with Crippen LogP contribution < -0.4 is 5.32 Å². The van der Waals surface area contributed by atoms with Gasteiger partial charge in [0.05, 0.1) is 17.0 Å². The molecule has 1 aromatic carbocycles. The molecule has 1 unspecified atom stereocenters. The summed E-state index contributed by atoms with van der Waals surface area (Å²) < 4.78 is 0. The average Bonchev–Trinajstić information content (AvgIpc) is 3.19. The lowest BCUT2D eigenvalue weighted by Gasteiger charge is -2.18. The molecule has 1 heterocycles. The minimum Gasteiger partial charge on any atom is -0.354 e. The maximum absolute atomic E-state index is 4.55. The Hall–Kier alpha value is -2.57. The number of hydrogen-bond acceptors (Lipinski definition) is 2. The van der Waals surface area contributed by atoms with Gasteiger partial charge in [0.2, 0.25) is 0 Å². The van der Waals surface area contributed by atoms with Crippen molar-refractivity contribution in [2.45, 2.75) is 46.0 Å². The van der Waals surface area contributed by atoms with Gasteiger partial charge in [0.1, 0.15) is 0 Å². The van der Waals surface area contributed by atoms with Crippen molar-refractivity contribution in [1.29, 1.82) is 0 Å². The van der Waals surface area contributed by atoms with Crippen molar-refractivity contribution in [3.63, 3.8) is 0 Å². The van der Waals surface area contributed by atoms with Crippen molar-refractivity contribution in [3.8, 4) is 0 Å². The number of fused-ring (bicyclic) bond motifs is 2. The molecule has 0 saturated heterocycles. The molecule has 0 amide bonds. The van der Waals surface area contributed by atoms with Gasteiger partial charge < -0.3 is 5.32 Å². The standard InChI is InChI=1S/C23H24N2/c1-4-6-15(2)20-14-18(10-9-16(20)3)25-23-19-7-5-8-22(19)24-12-11-17-13-21(17)23/h5,8-12,14-15,25H,4,6,13H2,1-3H3. The lowest BCUT2D eigenvalue weighted by atomic mass is 9.92. The zero-order valence-electron chi connectivity index (χ0n) is 15.2. The fourth-order valence-electron chi connectivity index (χ4n) is 3.70. The van der Waals surface area contributed by atoms with Crippen LogP contribution in [0.25, 0.3) is 0 Å².